The van der Waals surface area contributed by atoms with Crippen molar-refractivity contribution in [1.82, 2.24) is 10.3 Å². The minimum absolute atomic E-state index is 0.288. The zero-order valence-corrected chi connectivity index (χ0v) is 5.85. The Hall–Kier alpha value is -1.29. The van der Waals surface area contributed by atoms with Crippen molar-refractivity contribution in [3.63, 3.8) is 0 Å². The number of rotatable bonds is 1. The summed E-state index contributed by atoms with van der Waals surface area (Å²) in [7, 11) is 0. The summed E-state index contributed by atoms with van der Waals surface area (Å²) in [6.45, 7) is 1.53. The Kier molecular flexibility index (Phi) is 1.22. The van der Waals surface area contributed by atoms with Crippen LogP contribution in [0.4, 0.5) is 0 Å². The lowest BCUT2D eigenvalue weighted by molar-refractivity contribution is 0.0691. The van der Waals surface area contributed by atoms with E-state index in [2.05, 4.69) is 10.3 Å². The van der Waals surface area contributed by atoms with Gasteiger partial charge in [-0.05, 0) is 11.6 Å². The summed E-state index contributed by atoms with van der Waals surface area (Å²) in [5.41, 5.74) is 2.36. The predicted molar refractivity (Wildman–Crippen MR) is 38.3 cm³/mol. The molecule has 0 saturated heterocycles. The first-order chi connectivity index (χ1) is 5.27. The molecule has 0 unspecified atom stereocenters. The molecule has 2 rings (SSSR count). The van der Waals surface area contributed by atoms with Gasteiger partial charge in [-0.15, -0.1) is 0 Å². The number of nitrogens with one attached hydrogen (secondary N) is 2. The zero-order valence-electron chi connectivity index (χ0n) is 5.85. The first-order valence-electron chi connectivity index (χ1n) is 3.42. The number of aromatic carboxylic acids is 1. The second-order valence-electron chi connectivity index (χ2n) is 2.60. The first-order valence-corrected chi connectivity index (χ1v) is 3.42. The number of hydrogen-bond donors (Lipinski definition) is 3. The Morgan fingerprint density at radius 3 is 3.00 bits per heavy atom. The monoisotopic (exact) mass is 152 g/mol. The summed E-state index contributed by atoms with van der Waals surface area (Å²) in [4.78, 5) is 13.3. The molecule has 0 fully saturated rings. The molecule has 0 amide bonds. The molecule has 0 bridgehead atoms. The van der Waals surface area contributed by atoms with Crippen molar-refractivity contribution in [2.75, 3.05) is 0 Å². The molecule has 11 heavy (non-hydrogen) atoms. The summed E-state index contributed by atoms with van der Waals surface area (Å²) in [5.74, 6) is -0.889. The van der Waals surface area contributed by atoms with Crippen LogP contribution in [0.15, 0.2) is 6.07 Å². The van der Waals surface area contributed by atoms with Crippen LogP contribution >= 0.6 is 0 Å². The number of aromatic amines is 1. The smallest absolute Gasteiger partial charge is 0.352 e. The SMILES string of the molecule is O=C(O)c1cc2c([nH]1)CNC2. The van der Waals surface area contributed by atoms with Gasteiger partial charge in [-0.25, -0.2) is 4.79 Å². The van der Waals surface area contributed by atoms with E-state index in [-0.39, 0.29) is 5.69 Å². The second-order valence-corrected chi connectivity index (χ2v) is 2.60. The van der Waals surface area contributed by atoms with Crippen molar-refractivity contribution >= 4 is 5.97 Å². The maximum absolute atomic E-state index is 10.5. The number of fused-ring (bicyclic) bond motifs is 1. The number of carboxylic acids is 1. The van der Waals surface area contributed by atoms with E-state index in [9.17, 15) is 4.79 Å². The molecule has 0 aliphatic carbocycles. The molecular formula is C7H8N2O2. The van der Waals surface area contributed by atoms with Crippen LogP contribution in [0.3, 0.4) is 0 Å². The molecule has 0 aromatic carbocycles. The lowest BCUT2D eigenvalue weighted by Gasteiger charge is -1.89. The van der Waals surface area contributed by atoms with Crippen LogP contribution in [0.1, 0.15) is 21.7 Å². The standard InChI is InChI=1S/C7H8N2O2/c10-7(11)5-1-4-2-8-3-6(4)9-5/h1,8-9H,2-3H2,(H,10,11). The van der Waals surface area contributed by atoms with E-state index < -0.39 is 5.97 Å². The Morgan fingerprint density at radius 1 is 1.55 bits per heavy atom. The first kappa shape index (κ1) is 6.42. The van der Waals surface area contributed by atoms with E-state index in [0.29, 0.717) is 0 Å². The van der Waals surface area contributed by atoms with Crippen molar-refractivity contribution in [3.8, 4) is 0 Å². The molecule has 0 atom stereocenters. The number of H-pyrrole nitrogens is 1. The van der Waals surface area contributed by atoms with E-state index in [1.807, 2.05) is 0 Å². The highest BCUT2D eigenvalue weighted by Crippen LogP contribution is 2.15. The fourth-order valence-corrected chi connectivity index (χ4v) is 1.29. The lowest BCUT2D eigenvalue weighted by Crippen LogP contribution is -2.04. The average Bonchev–Trinajstić information content (AvgIpc) is 2.40. The highest BCUT2D eigenvalue weighted by molar-refractivity contribution is 5.86. The normalized spacial score (nSPS) is 14.9. The summed E-state index contributed by atoms with van der Waals surface area (Å²) < 4.78 is 0. The van der Waals surface area contributed by atoms with Crippen LogP contribution < -0.4 is 5.32 Å². The van der Waals surface area contributed by atoms with Crippen molar-refractivity contribution < 1.29 is 9.90 Å². The molecule has 0 spiro atoms. The quantitative estimate of drug-likeness (QED) is 0.542. The maximum Gasteiger partial charge on any atom is 0.352 e. The van der Waals surface area contributed by atoms with Gasteiger partial charge >= 0.3 is 5.97 Å². The van der Waals surface area contributed by atoms with Gasteiger partial charge in [0.05, 0.1) is 0 Å². The van der Waals surface area contributed by atoms with Crippen LogP contribution in [0.2, 0.25) is 0 Å². The van der Waals surface area contributed by atoms with Crippen molar-refractivity contribution in [3.05, 3.63) is 23.0 Å². The number of carboxylic acid groups (broad SMARTS) is 1. The molecule has 1 aromatic rings. The van der Waals surface area contributed by atoms with Gasteiger partial charge in [0.25, 0.3) is 0 Å². The van der Waals surface area contributed by atoms with Gasteiger partial charge in [0, 0.05) is 18.8 Å². The highest BCUT2D eigenvalue weighted by Gasteiger charge is 2.15. The topological polar surface area (TPSA) is 65.1 Å². The maximum atomic E-state index is 10.5. The van der Waals surface area contributed by atoms with Gasteiger partial charge in [0.15, 0.2) is 0 Å². The molecule has 1 aliphatic rings. The predicted octanol–water partition coefficient (Wildman–Crippen LogP) is 0.316. The lowest BCUT2D eigenvalue weighted by atomic mass is 10.3. The Balaban J connectivity index is 2.42. The number of aromatic nitrogens is 1. The van der Waals surface area contributed by atoms with Crippen LogP contribution in [0.25, 0.3) is 0 Å². The second kappa shape index (κ2) is 2.10. The molecule has 4 nitrogen and oxygen atoms in total. The van der Waals surface area contributed by atoms with Gasteiger partial charge in [0.1, 0.15) is 5.69 Å². The van der Waals surface area contributed by atoms with Gasteiger partial charge in [-0.3, -0.25) is 0 Å². The van der Waals surface area contributed by atoms with E-state index in [4.69, 9.17) is 5.11 Å². The fourth-order valence-electron chi connectivity index (χ4n) is 1.29. The zero-order chi connectivity index (χ0) is 7.84. The van der Waals surface area contributed by atoms with E-state index in [1.54, 1.807) is 6.07 Å². The third-order valence-corrected chi connectivity index (χ3v) is 1.84. The third kappa shape index (κ3) is 0.914. The molecule has 4 heteroatoms. The molecule has 1 aliphatic heterocycles. The minimum Gasteiger partial charge on any atom is -0.477 e. The Morgan fingerprint density at radius 2 is 2.36 bits per heavy atom. The molecule has 0 radical (unpaired) electrons. The summed E-state index contributed by atoms with van der Waals surface area (Å²) in [6, 6.07) is 1.68. The van der Waals surface area contributed by atoms with E-state index in [0.717, 1.165) is 24.3 Å². The fraction of sp³-hybridized carbons (Fsp3) is 0.286. The molecule has 1 aromatic heterocycles. The van der Waals surface area contributed by atoms with Crippen molar-refractivity contribution in [1.29, 1.82) is 0 Å². The Bertz CT molecular complexity index is 282. The number of hydrogen-bond acceptors (Lipinski definition) is 2. The van der Waals surface area contributed by atoms with Crippen molar-refractivity contribution in [2.45, 2.75) is 13.1 Å². The average molecular weight is 152 g/mol. The van der Waals surface area contributed by atoms with Crippen LogP contribution in [0, 0.1) is 0 Å². The minimum atomic E-state index is -0.889. The van der Waals surface area contributed by atoms with E-state index >= 15 is 0 Å². The summed E-state index contributed by atoms with van der Waals surface area (Å²) in [6.07, 6.45) is 0. The van der Waals surface area contributed by atoms with Gasteiger partial charge in [-0.2, -0.15) is 0 Å². The third-order valence-electron chi connectivity index (χ3n) is 1.84. The largest absolute Gasteiger partial charge is 0.477 e. The Labute approximate surface area is 63.2 Å². The molecule has 0 saturated carbocycles. The molecule has 58 valence electrons. The molecular weight excluding hydrogens is 144 g/mol. The highest BCUT2D eigenvalue weighted by atomic mass is 16.4. The van der Waals surface area contributed by atoms with Gasteiger partial charge < -0.3 is 15.4 Å². The van der Waals surface area contributed by atoms with Crippen LogP contribution in [-0.4, -0.2) is 16.1 Å². The van der Waals surface area contributed by atoms with Crippen molar-refractivity contribution in [2.24, 2.45) is 0 Å². The van der Waals surface area contributed by atoms with E-state index in [1.165, 1.54) is 0 Å². The molecule has 2 heterocycles. The van der Waals surface area contributed by atoms with Crippen LogP contribution in [-0.2, 0) is 13.1 Å². The summed E-state index contributed by atoms with van der Waals surface area (Å²) >= 11 is 0. The summed E-state index contributed by atoms with van der Waals surface area (Å²) in [5, 5.41) is 11.7. The van der Waals surface area contributed by atoms with Crippen LogP contribution in [0.5, 0.6) is 0 Å². The van der Waals surface area contributed by atoms with Gasteiger partial charge in [-0.1, -0.05) is 0 Å². The number of carbonyl (C=O) groups is 1. The van der Waals surface area contributed by atoms with Gasteiger partial charge in [0.2, 0.25) is 0 Å². The molecule has 3 N–H and O–H groups in total.